The third-order valence-corrected chi connectivity index (χ3v) is 5.06. The Morgan fingerprint density at radius 3 is 2.52 bits per heavy atom. The molecule has 1 aromatic heterocycles. The van der Waals surface area contributed by atoms with Crippen molar-refractivity contribution in [2.24, 2.45) is 11.8 Å². The average molecular weight is 365 g/mol. The monoisotopic (exact) mass is 365 g/mol. The smallest absolute Gasteiger partial charge is 0.251 e. The molecule has 0 unspecified atom stereocenters. The lowest BCUT2D eigenvalue weighted by Crippen LogP contribution is -2.51. The summed E-state index contributed by atoms with van der Waals surface area (Å²) in [6.07, 6.45) is 5.20. The molecule has 2 aromatic rings. The summed E-state index contributed by atoms with van der Waals surface area (Å²) in [4.78, 5) is 26.7. The van der Waals surface area contributed by atoms with E-state index in [1.54, 1.807) is 47.5 Å². The van der Waals surface area contributed by atoms with Crippen LogP contribution in [0.5, 0.6) is 0 Å². The van der Waals surface area contributed by atoms with E-state index in [-0.39, 0.29) is 17.7 Å². The van der Waals surface area contributed by atoms with Crippen LogP contribution in [-0.4, -0.2) is 41.6 Å². The van der Waals surface area contributed by atoms with Crippen LogP contribution in [-0.2, 0) is 4.79 Å². The van der Waals surface area contributed by atoms with Gasteiger partial charge in [-0.1, -0.05) is 12.8 Å². The van der Waals surface area contributed by atoms with Crippen LogP contribution in [0.15, 0.2) is 42.6 Å². The fourth-order valence-electron chi connectivity index (χ4n) is 3.09. The molecule has 1 saturated carbocycles. The minimum absolute atomic E-state index is 0.0177. The maximum Gasteiger partial charge on any atom is 0.251 e. The highest BCUT2D eigenvalue weighted by Gasteiger charge is 2.31. The Kier molecular flexibility index (Phi) is 5.11. The first kappa shape index (κ1) is 17.6. The van der Waals surface area contributed by atoms with E-state index >= 15 is 0 Å². The van der Waals surface area contributed by atoms with Crippen LogP contribution in [0.4, 0.5) is 11.5 Å². The van der Waals surface area contributed by atoms with Crippen LogP contribution in [0.1, 0.15) is 29.6 Å². The minimum Gasteiger partial charge on any atom is -0.352 e. The van der Waals surface area contributed by atoms with Gasteiger partial charge < -0.3 is 10.6 Å². The molecule has 2 fully saturated rings. The Labute approximate surface area is 158 Å². The van der Waals surface area contributed by atoms with E-state index in [0.29, 0.717) is 36.7 Å². The standard InChI is InChI=1S/C20H23N5O2/c26-19(22-11-9-14-3-4-14)15-5-7-17(8-6-15)25(18-2-1-10-23-24-18)20(27)16-12-21-13-16/h1-2,5-8,10,14,16,21H,3-4,9,11-13H2,(H,22,26). The van der Waals surface area contributed by atoms with E-state index in [4.69, 9.17) is 0 Å². The van der Waals surface area contributed by atoms with Crippen molar-refractivity contribution < 1.29 is 9.59 Å². The number of carbonyl (C=O) groups excluding carboxylic acids is 2. The quantitative estimate of drug-likeness (QED) is 0.782. The molecule has 140 valence electrons. The Morgan fingerprint density at radius 2 is 1.93 bits per heavy atom. The average Bonchev–Trinajstić information content (AvgIpc) is 3.46. The van der Waals surface area contributed by atoms with Gasteiger partial charge in [0.2, 0.25) is 5.91 Å². The van der Waals surface area contributed by atoms with Gasteiger partial charge in [0, 0.05) is 31.4 Å². The zero-order valence-electron chi connectivity index (χ0n) is 15.1. The Morgan fingerprint density at radius 1 is 1.15 bits per heavy atom. The maximum atomic E-state index is 12.9. The molecule has 2 amide bonds. The van der Waals surface area contributed by atoms with Gasteiger partial charge in [0.25, 0.3) is 5.91 Å². The summed E-state index contributed by atoms with van der Waals surface area (Å²) in [6.45, 7) is 2.04. The van der Waals surface area contributed by atoms with Crippen LogP contribution in [0.25, 0.3) is 0 Å². The van der Waals surface area contributed by atoms with E-state index in [0.717, 1.165) is 12.3 Å². The maximum absolute atomic E-state index is 12.9. The molecule has 2 aliphatic rings. The van der Waals surface area contributed by atoms with Gasteiger partial charge >= 0.3 is 0 Å². The van der Waals surface area contributed by atoms with Gasteiger partial charge in [-0.3, -0.25) is 14.5 Å². The van der Waals surface area contributed by atoms with Crippen LogP contribution >= 0.6 is 0 Å². The summed E-state index contributed by atoms with van der Waals surface area (Å²) >= 11 is 0. The van der Waals surface area contributed by atoms with Crippen molar-refractivity contribution in [1.82, 2.24) is 20.8 Å². The van der Waals surface area contributed by atoms with Crippen molar-refractivity contribution in [2.45, 2.75) is 19.3 Å². The Hall–Kier alpha value is -2.80. The number of hydrogen-bond acceptors (Lipinski definition) is 5. The second kappa shape index (κ2) is 7.84. The fraction of sp³-hybridized carbons (Fsp3) is 0.400. The molecule has 1 aliphatic heterocycles. The molecule has 7 heteroatoms. The summed E-state index contributed by atoms with van der Waals surface area (Å²) in [5.74, 6) is 1.10. The zero-order chi connectivity index (χ0) is 18.6. The molecule has 1 aliphatic carbocycles. The van der Waals surface area contributed by atoms with Gasteiger partial charge in [-0.2, -0.15) is 5.10 Å². The largest absolute Gasteiger partial charge is 0.352 e. The molecular formula is C20H23N5O2. The van der Waals surface area contributed by atoms with Crippen LogP contribution in [0.2, 0.25) is 0 Å². The van der Waals surface area contributed by atoms with Gasteiger partial charge in [0.05, 0.1) is 11.6 Å². The summed E-state index contributed by atoms with van der Waals surface area (Å²) in [5.41, 5.74) is 1.27. The molecule has 2 N–H and O–H groups in total. The Balaban J connectivity index is 1.49. The van der Waals surface area contributed by atoms with Gasteiger partial charge in [-0.15, -0.1) is 5.10 Å². The van der Waals surface area contributed by atoms with Crippen molar-refractivity contribution in [1.29, 1.82) is 0 Å². The molecule has 0 atom stereocenters. The SMILES string of the molecule is O=C(NCCC1CC1)c1ccc(N(C(=O)C2CNC2)c2cccnn2)cc1. The first-order chi connectivity index (χ1) is 13.2. The first-order valence-electron chi connectivity index (χ1n) is 9.43. The van der Waals surface area contributed by atoms with E-state index < -0.39 is 0 Å². The summed E-state index contributed by atoms with van der Waals surface area (Å²) in [7, 11) is 0. The second-order valence-electron chi connectivity index (χ2n) is 7.15. The van der Waals surface area contributed by atoms with Crippen molar-refractivity contribution in [3.63, 3.8) is 0 Å². The minimum atomic E-state index is -0.0808. The Bertz CT molecular complexity index is 801. The topological polar surface area (TPSA) is 87.2 Å². The number of nitrogens with zero attached hydrogens (tertiary/aromatic N) is 3. The van der Waals surface area contributed by atoms with Gasteiger partial charge in [-0.05, 0) is 48.7 Å². The lowest BCUT2D eigenvalue weighted by Gasteiger charge is -2.31. The summed E-state index contributed by atoms with van der Waals surface area (Å²) in [6, 6.07) is 10.6. The number of nitrogens with one attached hydrogen (secondary N) is 2. The van der Waals surface area contributed by atoms with Crippen molar-refractivity contribution in [3.05, 3.63) is 48.2 Å². The highest BCUT2D eigenvalue weighted by Crippen LogP contribution is 2.31. The zero-order valence-corrected chi connectivity index (χ0v) is 15.1. The van der Waals surface area contributed by atoms with Gasteiger partial charge in [0.1, 0.15) is 0 Å². The van der Waals surface area contributed by atoms with Crippen LogP contribution < -0.4 is 15.5 Å². The van der Waals surface area contributed by atoms with E-state index in [2.05, 4.69) is 20.8 Å². The lowest BCUT2D eigenvalue weighted by atomic mass is 10.0. The van der Waals surface area contributed by atoms with Crippen LogP contribution in [0.3, 0.4) is 0 Å². The number of hydrogen-bond donors (Lipinski definition) is 2. The highest BCUT2D eigenvalue weighted by atomic mass is 16.2. The van der Waals surface area contributed by atoms with Crippen molar-refractivity contribution in [3.8, 4) is 0 Å². The molecule has 1 saturated heterocycles. The molecule has 7 nitrogen and oxygen atoms in total. The summed E-state index contributed by atoms with van der Waals surface area (Å²) < 4.78 is 0. The molecule has 0 radical (unpaired) electrons. The highest BCUT2D eigenvalue weighted by molar-refractivity contribution is 6.02. The number of anilines is 2. The fourth-order valence-corrected chi connectivity index (χ4v) is 3.09. The van der Waals surface area contributed by atoms with Crippen LogP contribution in [0, 0.1) is 11.8 Å². The molecule has 0 spiro atoms. The third kappa shape index (κ3) is 4.14. The number of benzene rings is 1. The lowest BCUT2D eigenvalue weighted by molar-refractivity contribution is -0.123. The molecular weight excluding hydrogens is 342 g/mol. The number of carbonyl (C=O) groups is 2. The molecule has 0 bridgehead atoms. The predicted octanol–water partition coefficient (Wildman–Crippen LogP) is 1.89. The first-order valence-corrected chi connectivity index (χ1v) is 9.43. The normalized spacial score (nSPS) is 16.4. The third-order valence-electron chi connectivity index (χ3n) is 5.06. The molecule has 2 heterocycles. The van der Waals surface area contributed by atoms with Gasteiger partial charge in [-0.25, -0.2) is 0 Å². The van der Waals surface area contributed by atoms with E-state index in [1.165, 1.54) is 12.8 Å². The molecule has 27 heavy (non-hydrogen) atoms. The van der Waals surface area contributed by atoms with Crippen molar-refractivity contribution >= 4 is 23.3 Å². The van der Waals surface area contributed by atoms with Crippen molar-refractivity contribution in [2.75, 3.05) is 24.5 Å². The van der Waals surface area contributed by atoms with Gasteiger partial charge in [0.15, 0.2) is 5.82 Å². The van der Waals surface area contributed by atoms with E-state index in [1.807, 2.05) is 0 Å². The summed E-state index contributed by atoms with van der Waals surface area (Å²) in [5, 5.41) is 14.1. The van der Waals surface area contributed by atoms with E-state index in [9.17, 15) is 9.59 Å². The number of aromatic nitrogens is 2. The molecule has 1 aromatic carbocycles. The number of rotatable bonds is 7. The second-order valence-corrected chi connectivity index (χ2v) is 7.15. The number of amides is 2. The predicted molar refractivity (Wildman–Crippen MR) is 102 cm³/mol. The molecule has 4 rings (SSSR count).